The molecule has 9 nitrogen and oxygen atoms in total. The third-order valence-corrected chi connectivity index (χ3v) is 4.48. The number of aliphatic carboxylic acids is 1. The Labute approximate surface area is 169 Å². The number of piperidine rings is 1. The van der Waals surface area contributed by atoms with E-state index in [1.165, 1.54) is 4.68 Å². The molecule has 1 atom stereocenters. The van der Waals surface area contributed by atoms with Crippen molar-refractivity contribution in [3.05, 3.63) is 29.2 Å². The summed E-state index contributed by atoms with van der Waals surface area (Å²) in [7, 11) is 0. The first kappa shape index (κ1) is 21.8. The number of hydrogen-bond donors (Lipinski definition) is 2. The predicted octanol–water partition coefficient (Wildman–Crippen LogP) is 1.74. The number of halogens is 1. The van der Waals surface area contributed by atoms with Crippen LogP contribution >= 0.6 is 12.4 Å². The van der Waals surface area contributed by atoms with Gasteiger partial charge in [-0.2, -0.15) is 9.78 Å². The zero-order valence-electron chi connectivity index (χ0n) is 16.2. The molecule has 2 N–H and O–H groups in total. The molecule has 28 heavy (non-hydrogen) atoms. The van der Waals surface area contributed by atoms with E-state index >= 15 is 0 Å². The number of aromatic nitrogens is 4. The first-order valence-electron chi connectivity index (χ1n) is 8.96. The summed E-state index contributed by atoms with van der Waals surface area (Å²) in [5, 5.41) is 16.4. The van der Waals surface area contributed by atoms with Crippen LogP contribution in [0.4, 0.5) is 5.82 Å². The summed E-state index contributed by atoms with van der Waals surface area (Å²) in [6.07, 6.45) is 1.43. The van der Waals surface area contributed by atoms with Gasteiger partial charge in [0.15, 0.2) is 0 Å². The Morgan fingerprint density at radius 1 is 1.18 bits per heavy atom. The van der Waals surface area contributed by atoms with Crippen LogP contribution in [0.2, 0.25) is 0 Å². The summed E-state index contributed by atoms with van der Waals surface area (Å²) in [6, 6.07) is 3.63. The van der Waals surface area contributed by atoms with E-state index in [-0.39, 0.29) is 24.9 Å². The lowest BCUT2D eigenvalue weighted by atomic mass is 9.98. The molecule has 10 heteroatoms. The number of carbonyl (C=O) groups excluding carboxylic acids is 1. The van der Waals surface area contributed by atoms with Crippen LogP contribution in [0.3, 0.4) is 0 Å². The van der Waals surface area contributed by atoms with Crippen molar-refractivity contribution < 1.29 is 14.7 Å². The fourth-order valence-corrected chi connectivity index (χ4v) is 3.33. The topological polar surface area (TPSA) is 113 Å². The quantitative estimate of drug-likeness (QED) is 0.774. The number of carbonyl (C=O) groups is 2. The smallest absolute Gasteiger partial charge is 0.307 e. The summed E-state index contributed by atoms with van der Waals surface area (Å²) in [5.74, 6) is -0.538. The number of nitrogens with zero attached hydrogens (tertiary/aromatic N) is 5. The van der Waals surface area contributed by atoms with Crippen LogP contribution in [0.5, 0.6) is 0 Å². The minimum absolute atomic E-state index is 0. The maximum atomic E-state index is 12.5. The summed E-state index contributed by atoms with van der Waals surface area (Å²) >= 11 is 0. The van der Waals surface area contributed by atoms with Crippen molar-refractivity contribution in [1.82, 2.24) is 24.6 Å². The maximum absolute atomic E-state index is 12.5. The predicted molar refractivity (Wildman–Crippen MR) is 106 cm³/mol. The van der Waals surface area contributed by atoms with Crippen molar-refractivity contribution in [2.75, 3.05) is 25.0 Å². The number of amides is 1. The Kier molecular flexibility index (Phi) is 7.09. The van der Waals surface area contributed by atoms with Crippen molar-refractivity contribution in [2.24, 2.45) is 5.92 Å². The second-order valence-corrected chi connectivity index (χ2v) is 6.99. The molecule has 1 saturated heterocycles. The van der Waals surface area contributed by atoms with Gasteiger partial charge in [-0.05, 0) is 46.2 Å². The average molecular weight is 409 g/mol. The fourth-order valence-electron chi connectivity index (χ4n) is 3.33. The number of rotatable bonds is 5. The molecular formula is C18H25ClN6O3. The van der Waals surface area contributed by atoms with Gasteiger partial charge in [0.05, 0.1) is 18.2 Å². The summed E-state index contributed by atoms with van der Waals surface area (Å²) in [4.78, 5) is 34.3. The second-order valence-electron chi connectivity index (χ2n) is 6.99. The molecule has 3 heterocycles. The van der Waals surface area contributed by atoms with E-state index < -0.39 is 11.9 Å². The Morgan fingerprint density at radius 3 is 2.50 bits per heavy atom. The highest BCUT2D eigenvalue weighted by molar-refractivity contribution is 5.91. The fraction of sp³-hybridized carbons (Fsp3) is 0.500. The largest absolute Gasteiger partial charge is 0.481 e. The van der Waals surface area contributed by atoms with Gasteiger partial charge in [0.2, 0.25) is 5.91 Å². The molecule has 3 rings (SSSR count). The van der Waals surface area contributed by atoms with Crippen LogP contribution in [0.1, 0.15) is 29.9 Å². The molecule has 0 aromatic carbocycles. The van der Waals surface area contributed by atoms with E-state index in [1.54, 1.807) is 6.07 Å². The Bertz CT molecular complexity index is 849. The molecule has 2 aromatic heterocycles. The van der Waals surface area contributed by atoms with Gasteiger partial charge in [0.25, 0.3) is 5.95 Å². The molecule has 2 aromatic rings. The first-order chi connectivity index (χ1) is 12.8. The molecule has 152 valence electrons. The SMILES string of the molecule is Cc1cc(C)nc(-n2nc(C)cc2NC(=O)CN2CCCC(C(=O)O)C2)n1.Cl. The molecule has 1 aliphatic rings. The highest BCUT2D eigenvalue weighted by Crippen LogP contribution is 2.18. The molecule has 0 saturated carbocycles. The summed E-state index contributed by atoms with van der Waals surface area (Å²) < 4.78 is 1.52. The molecule has 0 spiro atoms. The lowest BCUT2D eigenvalue weighted by Crippen LogP contribution is -2.42. The minimum Gasteiger partial charge on any atom is -0.481 e. The van der Waals surface area contributed by atoms with Crippen LogP contribution in [0.15, 0.2) is 12.1 Å². The molecule has 0 aliphatic carbocycles. The van der Waals surface area contributed by atoms with Gasteiger partial charge in [-0.15, -0.1) is 12.4 Å². The molecule has 1 amide bonds. The third kappa shape index (κ3) is 5.26. The van der Waals surface area contributed by atoms with Crippen molar-refractivity contribution in [1.29, 1.82) is 0 Å². The first-order valence-corrected chi connectivity index (χ1v) is 8.96. The number of nitrogens with one attached hydrogen (secondary N) is 1. The highest BCUT2D eigenvalue weighted by Gasteiger charge is 2.26. The number of aryl methyl sites for hydroxylation is 3. The Morgan fingerprint density at radius 2 is 1.86 bits per heavy atom. The van der Waals surface area contributed by atoms with E-state index in [9.17, 15) is 14.7 Å². The number of carboxylic acid groups (broad SMARTS) is 1. The minimum atomic E-state index is -0.805. The molecular weight excluding hydrogens is 384 g/mol. The lowest BCUT2D eigenvalue weighted by molar-refractivity contribution is -0.144. The Hall–Kier alpha value is -2.52. The van der Waals surface area contributed by atoms with Crippen molar-refractivity contribution in [2.45, 2.75) is 33.6 Å². The van der Waals surface area contributed by atoms with Gasteiger partial charge in [0, 0.05) is 24.0 Å². The van der Waals surface area contributed by atoms with Crippen molar-refractivity contribution in [3.63, 3.8) is 0 Å². The molecule has 0 radical (unpaired) electrons. The van der Waals surface area contributed by atoms with E-state index in [1.807, 2.05) is 31.7 Å². The van der Waals surface area contributed by atoms with Gasteiger partial charge in [0.1, 0.15) is 5.82 Å². The molecule has 1 aliphatic heterocycles. The van der Waals surface area contributed by atoms with Crippen LogP contribution in [0.25, 0.3) is 5.95 Å². The molecule has 1 fully saturated rings. The van der Waals surface area contributed by atoms with E-state index in [4.69, 9.17) is 0 Å². The molecule has 1 unspecified atom stereocenters. The van der Waals surface area contributed by atoms with Gasteiger partial charge < -0.3 is 10.4 Å². The maximum Gasteiger partial charge on any atom is 0.307 e. The zero-order valence-corrected chi connectivity index (χ0v) is 17.0. The summed E-state index contributed by atoms with van der Waals surface area (Å²) in [6.45, 7) is 6.83. The van der Waals surface area contributed by atoms with Crippen LogP contribution in [-0.4, -0.2) is 61.3 Å². The summed E-state index contributed by atoms with van der Waals surface area (Å²) in [5.41, 5.74) is 2.36. The van der Waals surface area contributed by atoms with Gasteiger partial charge >= 0.3 is 5.97 Å². The van der Waals surface area contributed by atoms with Crippen LogP contribution in [-0.2, 0) is 9.59 Å². The number of carboxylic acids is 1. The number of likely N-dealkylation sites (tertiary alicyclic amines) is 1. The van der Waals surface area contributed by atoms with Crippen LogP contribution < -0.4 is 5.32 Å². The second kappa shape index (κ2) is 9.11. The normalized spacial score (nSPS) is 17.0. The Balaban J connectivity index is 0.00000280. The number of hydrogen-bond acceptors (Lipinski definition) is 6. The lowest BCUT2D eigenvalue weighted by Gasteiger charge is -2.29. The van der Waals surface area contributed by atoms with Gasteiger partial charge in [-0.25, -0.2) is 9.97 Å². The van der Waals surface area contributed by atoms with E-state index in [2.05, 4.69) is 20.4 Å². The average Bonchev–Trinajstić information content (AvgIpc) is 2.94. The van der Waals surface area contributed by atoms with Crippen molar-refractivity contribution >= 4 is 30.1 Å². The van der Waals surface area contributed by atoms with Crippen LogP contribution in [0, 0.1) is 26.7 Å². The standard InChI is InChI=1S/C18H24N6O3.ClH/c1-11-7-12(2)20-18(19-11)24-15(8-13(3)22-24)21-16(25)10-23-6-4-5-14(9-23)17(26)27;/h7-8,14H,4-6,9-10H2,1-3H3,(H,21,25)(H,26,27);1H. The van der Waals surface area contributed by atoms with Crippen molar-refractivity contribution in [3.8, 4) is 5.95 Å². The van der Waals surface area contributed by atoms with E-state index in [0.717, 1.165) is 30.0 Å². The third-order valence-electron chi connectivity index (χ3n) is 4.48. The highest BCUT2D eigenvalue weighted by atomic mass is 35.5. The number of anilines is 1. The van der Waals surface area contributed by atoms with E-state index in [0.29, 0.717) is 24.7 Å². The molecule has 0 bridgehead atoms. The van der Waals surface area contributed by atoms with Gasteiger partial charge in [-0.1, -0.05) is 0 Å². The van der Waals surface area contributed by atoms with Gasteiger partial charge in [-0.3, -0.25) is 14.5 Å². The zero-order chi connectivity index (χ0) is 19.6. The monoisotopic (exact) mass is 408 g/mol.